The van der Waals surface area contributed by atoms with Gasteiger partial charge in [-0.3, -0.25) is 9.36 Å². The number of esters is 1. The average molecular weight is 531 g/mol. The molecule has 1 saturated heterocycles. The zero-order chi connectivity index (χ0) is 26.6. The molecule has 1 aliphatic heterocycles. The zero-order valence-electron chi connectivity index (χ0n) is 19.8. The number of hydrogen-bond acceptors (Lipinski definition) is 10. The van der Waals surface area contributed by atoms with E-state index in [-0.39, 0.29) is 36.4 Å². The number of hydrogen-bond donors (Lipinski definition) is 3. The lowest BCUT2D eigenvalue weighted by Crippen LogP contribution is -2.43. The highest BCUT2D eigenvalue weighted by Gasteiger charge is 2.50. The van der Waals surface area contributed by atoms with Gasteiger partial charge >= 0.3 is 20.2 Å². The van der Waals surface area contributed by atoms with Gasteiger partial charge in [-0.05, 0) is 17.1 Å². The van der Waals surface area contributed by atoms with Crippen LogP contribution in [0.25, 0.3) is 11.2 Å². The van der Waals surface area contributed by atoms with Crippen LogP contribution in [0.5, 0.6) is 0 Å². The Kier molecular flexibility index (Phi) is 8.06. The SMILES string of the molecule is C#C[C@]1(CO[P+](=O)N[C@H](Cc2ccccc2)C(=O)OCC)O[C@@H](n2cnc3c(N)nc(F)nc32)C[C@@H]1O. The quantitative estimate of drug-likeness (QED) is 0.151. The topological polar surface area (TPSA) is 164 Å². The highest BCUT2D eigenvalue weighted by atomic mass is 31.1. The van der Waals surface area contributed by atoms with Crippen LogP contribution in [0.3, 0.4) is 0 Å². The van der Waals surface area contributed by atoms with Crippen LogP contribution in [0, 0.1) is 18.4 Å². The number of fused-ring (bicyclic) bond motifs is 1. The molecule has 4 N–H and O–H groups in total. The first-order valence-electron chi connectivity index (χ1n) is 11.3. The van der Waals surface area contributed by atoms with Crippen LogP contribution in [0.15, 0.2) is 36.7 Å². The van der Waals surface area contributed by atoms with Crippen molar-refractivity contribution in [2.45, 2.75) is 43.7 Å². The number of rotatable bonds is 10. The van der Waals surface area contributed by atoms with Gasteiger partial charge in [-0.15, -0.1) is 10.9 Å². The highest BCUT2D eigenvalue weighted by molar-refractivity contribution is 7.36. The molecule has 0 radical (unpaired) electrons. The summed E-state index contributed by atoms with van der Waals surface area (Å²) < 4.78 is 44.3. The van der Waals surface area contributed by atoms with E-state index in [9.17, 15) is 18.9 Å². The van der Waals surface area contributed by atoms with Crippen molar-refractivity contribution in [3.63, 3.8) is 0 Å². The van der Waals surface area contributed by atoms with Gasteiger partial charge in [-0.2, -0.15) is 14.4 Å². The average Bonchev–Trinajstić information content (AvgIpc) is 3.44. The van der Waals surface area contributed by atoms with Gasteiger partial charge < -0.3 is 20.3 Å². The third-order valence-corrected chi connectivity index (χ3v) is 6.68. The minimum absolute atomic E-state index is 0.0196. The van der Waals surface area contributed by atoms with Crippen molar-refractivity contribution in [3.8, 4) is 12.3 Å². The van der Waals surface area contributed by atoms with Crippen molar-refractivity contribution in [2.24, 2.45) is 0 Å². The number of carbonyl (C=O) groups excluding carboxylic acids is 1. The van der Waals surface area contributed by atoms with E-state index in [1.165, 1.54) is 10.9 Å². The summed E-state index contributed by atoms with van der Waals surface area (Å²) >= 11 is 0. The zero-order valence-corrected chi connectivity index (χ0v) is 20.7. The van der Waals surface area contributed by atoms with Gasteiger partial charge in [-0.1, -0.05) is 41.3 Å². The number of imidazole rings is 1. The Labute approximate surface area is 212 Å². The van der Waals surface area contributed by atoms with Crippen LogP contribution >= 0.6 is 8.18 Å². The number of halogens is 1. The van der Waals surface area contributed by atoms with Crippen LogP contribution in [0.2, 0.25) is 0 Å². The molecule has 0 spiro atoms. The van der Waals surface area contributed by atoms with E-state index < -0.39 is 50.8 Å². The van der Waals surface area contributed by atoms with Crippen molar-refractivity contribution < 1.29 is 32.9 Å². The summed E-state index contributed by atoms with van der Waals surface area (Å²) in [5, 5.41) is 13.4. The van der Waals surface area contributed by atoms with Gasteiger partial charge in [0.05, 0.1) is 12.9 Å². The van der Waals surface area contributed by atoms with Gasteiger partial charge in [0.15, 0.2) is 28.6 Å². The van der Waals surface area contributed by atoms with E-state index in [1.54, 1.807) is 6.92 Å². The van der Waals surface area contributed by atoms with Crippen LogP contribution in [-0.4, -0.2) is 61.6 Å². The Morgan fingerprint density at radius 2 is 2.22 bits per heavy atom. The van der Waals surface area contributed by atoms with Crippen molar-refractivity contribution in [1.82, 2.24) is 24.6 Å². The summed E-state index contributed by atoms with van der Waals surface area (Å²) in [6, 6.07) is 8.16. The summed E-state index contributed by atoms with van der Waals surface area (Å²) in [5.74, 6) is 1.62. The molecule has 37 heavy (non-hydrogen) atoms. The van der Waals surface area contributed by atoms with Gasteiger partial charge in [0, 0.05) is 12.8 Å². The lowest BCUT2D eigenvalue weighted by atomic mass is 9.99. The molecule has 12 nitrogen and oxygen atoms in total. The molecular formula is C23H25FN6O6P+. The second-order valence-electron chi connectivity index (χ2n) is 8.21. The number of aliphatic hydroxyl groups excluding tert-OH is 1. The maximum absolute atomic E-state index is 13.7. The molecule has 4 rings (SSSR count). The maximum atomic E-state index is 13.7. The van der Waals surface area contributed by atoms with E-state index in [4.69, 9.17) is 26.2 Å². The smallest absolute Gasteiger partial charge is 0.465 e. The number of aromatic nitrogens is 4. The van der Waals surface area contributed by atoms with Crippen LogP contribution in [-0.2, 0) is 29.8 Å². The predicted octanol–water partition coefficient (Wildman–Crippen LogP) is 1.64. The Balaban J connectivity index is 1.45. The number of nitrogens with one attached hydrogen (secondary N) is 1. The summed E-state index contributed by atoms with van der Waals surface area (Å²) in [6.45, 7) is 1.34. The first-order chi connectivity index (χ1) is 17.8. The number of benzene rings is 1. The third kappa shape index (κ3) is 5.74. The minimum Gasteiger partial charge on any atom is -0.465 e. The second kappa shape index (κ2) is 11.2. The molecule has 3 heterocycles. The molecule has 5 atom stereocenters. The predicted molar refractivity (Wildman–Crippen MR) is 129 cm³/mol. The Morgan fingerprint density at radius 3 is 2.92 bits per heavy atom. The largest absolute Gasteiger partial charge is 0.614 e. The normalized spacial score (nSPS) is 22.5. The van der Waals surface area contributed by atoms with E-state index in [2.05, 4.69) is 26.0 Å². The fraction of sp³-hybridized carbons (Fsp3) is 0.391. The molecular weight excluding hydrogens is 506 g/mol. The summed E-state index contributed by atoms with van der Waals surface area (Å²) in [6.07, 6.45) is 4.00. The number of nitrogens with zero attached hydrogens (tertiary/aromatic N) is 4. The summed E-state index contributed by atoms with van der Waals surface area (Å²) in [7, 11) is -2.62. The first kappa shape index (κ1) is 26.5. The standard InChI is InChI=1S/C23H25FN6O6P/c1-3-23(12-35-37(33)29-15(21(32)34-4-2)10-14-8-6-5-7-9-14)16(31)11-17(36-23)30-13-26-18-19(25)27-22(24)28-20(18)30/h1,5-9,13,15-17,31H,4,10-12H2,2H3,(H,29,33)(H2,25,27,28)/q+1/t15-,16+,17-,23-/m1/s1. The Bertz CT molecular complexity index is 1330. The van der Waals surface area contributed by atoms with Crippen LogP contribution in [0.4, 0.5) is 10.2 Å². The molecule has 0 bridgehead atoms. The van der Waals surface area contributed by atoms with Gasteiger partial charge in [-0.25, -0.2) is 4.98 Å². The monoisotopic (exact) mass is 531 g/mol. The molecule has 14 heteroatoms. The van der Waals surface area contributed by atoms with E-state index >= 15 is 0 Å². The fourth-order valence-electron chi connectivity index (χ4n) is 3.94. The number of aliphatic hydroxyl groups is 1. The number of nitrogen functional groups attached to an aromatic ring is 1. The van der Waals surface area contributed by atoms with Crippen molar-refractivity contribution in [3.05, 3.63) is 48.3 Å². The van der Waals surface area contributed by atoms with Gasteiger partial charge in [0.2, 0.25) is 0 Å². The lowest BCUT2D eigenvalue weighted by Gasteiger charge is -2.23. The van der Waals surface area contributed by atoms with Crippen LogP contribution < -0.4 is 10.8 Å². The minimum atomic E-state index is -2.62. The highest BCUT2D eigenvalue weighted by Crippen LogP contribution is 2.39. The van der Waals surface area contributed by atoms with Crippen LogP contribution in [0.1, 0.15) is 25.1 Å². The lowest BCUT2D eigenvalue weighted by molar-refractivity contribution is -0.145. The number of carbonyl (C=O) groups is 1. The van der Waals surface area contributed by atoms with Gasteiger partial charge in [0.1, 0.15) is 18.9 Å². The molecule has 0 aliphatic carbocycles. The van der Waals surface area contributed by atoms with E-state index in [1.807, 2.05) is 30.3 Å². The molecule has 0 saturated carbocycles. The number of anilines is 1. The van der Waals surface area contributed by atoms with E-state index in [0.717, 1.165) is 5.56 Å². The molecule has 194 valence electrons. The number of terminal acetylenes is 1. The second-order valence-corrected chi connectivity index (χ2v) is 9.24. The third-order valence-electron chi connectivity index (χ3n) is 5.80. The van der Waals surface area contributed by atoms with Gasteiger partial charge in [0.25, 0.3) is 0 Å². The molecule has 1 aromatic carbocycles. The molecule has 1 unspecified atom stereocenters. The fourth-order valence-corrected chi connectivity index (χ4v) is 4.77. The molecule has 1 fully saturated rings. The molecule has 1 aliphatic rings. The number of nitrogens with two attached hydrogens (primary N) is 1. The summed E-state index contributed by atoms with van der Waals surface area (Å²) in [5.41, 5.74) is 5.05. The Hall–Kier alpha value is -3.53. The molecule has 2 aromatic heterocycles. The Morgan fingerprint density at radius 1 is 1.46 bits per heavy atom. The van der Waals surface area contributed by atoms with Crippen molar-refractivity contribution in [2.75, 3.05) is 18.9 Å². The van der Waals surface area contributed by atoms with E-state index in [0.29, 0.717) is 0 Å². The molecule has 0 amide bonds. The maximum Gasteiger partial charge on any atom is 0.614 e. The van der Waals surface area contributed by atoms with Crippen molar-refractivity contribution >= 4 is 31.1 Å². The molecule has 3 aromatic rings. The first-order valence-corrected chi connectivity index (χ1v) is 12.5. The van der Waals surface area contributed by atoms with Crippen molar-refractivity contribution in [1.29, 1.82) is 0 Å². The summed E-state index contributed by atoms with van der Waals surface area (Å²) in [4.78, 5) is 23.6. The number of ether oxygens (including phenoxy) is 2.